The molecule has 1 aliphatic rings. The van der Waals surface area contributed by atoms with Gasteiger partial charge in [-0.3, -0.25) is 0 Å². The molecule has 1 saturated heterocycles. The van der Waals surface area contributed by atoms with Gasteiger partial charge in [-0.2, -0.15) is 10.4 Å². The number of halogens is 1. The van der Waals surface area contributed by atoms with E-state index in [4.69, 9.17) is 26.6 Å². The van der Waals surface area contributed by atoms with E-state index < -0.39 is 5.60 Å². The SMILES string of the molecule is CC(C)(O)COc1cc(-c2ccc(N3CCC(Cc4ccc(C#N)cc4)CC3)nc2)c2c(Cl)cnn2c1. The minimum atomic E-state index is -0.949. The summed E-state index contributed by atoms with van der Waals surface area (Å²) in [7, 11) is 0. The molecule has 37 heavy (non-hydrogen) atoms. The third-order valence-electron chi connectivity index (χ3n) is 6.74. The van der Waals surface area contributed by atoms with Crippen molar-refractivity contribution in [3.8, 4) is 22.9 Å². The van der Waals surface area contributed by atoms with E-state index in [1.807, 2.05) is 24.4 Å². The maximum absolute atomic E-state index is 10.1. The first-order valence-electron chi connectivity index (χ1n) is 12.5. The van der Waals surface area contributed by atoms with Crippen LogP contribution in [0.25, 0.3) is 16.6 Å². The number of nitrogens with zero attached hydrogens (tertiary/aromatic N) is 5. The lowest BCUT2D eigenvalue weighted by Crippen LogP contribution is -2.34. The molecule has 7 nitrogen and oxygen atoms in total. The van der Waals surface area contributed by atoms with Gasteiger partial charge in [-0.25, -0.2) is 9.50 Å². The van der Waals surface area contributed by atoms with Gasteiger partial charge in [0.25, 0.3) is 0 Å². The first-order chi connectivity index (χ1) is 17.8. The summed E-state index contributed by atoms with van der Waals surface area (Å²) in [5.41, 5.74) is 3.62. The highest BCUT2D eigenvalue weighted by Crippen LogP contribution is 2.34. The van der Waals surface area contributed by atoms with Crippen molar-refractivity contribution in [2.75, 3.05) is 24.6 Å². The first-order valence-corrected chi connectivity index (χ1v) is 12.9. The Hall–Kier alpha value is -3.60. The Morgan fingerprint density at radius 3 is 2.54 bits per heavy atom. The van der Waals surface area contributed by atoms with Crippen LogP contribution in [0.5, 0.6) is 5.75 Å². The zero-order valence-corrected chi connectivity index (χ0v) is 21.8. The van der Waals surface area contributed by atoms with Crippen LogP contribution in [0, 0.1) is 17.2 Å². The van der Waals surface area contributed by atoms with Crippen LogP contribution in [-0.2, 0) is 6.42 Å². The number of fused-ring (bicyclic) bond motifs is 1. The van der Waals surface area contributed by atoms with Gasteiger partial charge in [0.15, 0.2) is 0 Å². The predicted molar refractivity (Wildman–Crippen MR) is 145 cm³/mol. The summed E-state index contributed by atoms with van der Waals surface area (Å²) < 4.78 is 7.53. The molecule has 0 amide bonds. The van der Waals surface area contributed by atoms with Gasteiger partial charge in [0.1, 0.15) is 18.2 Å². The fourth-order valence-corrected chi connectivity index (χ4v) is 5.00. The lowest BCUT2D eigenvalue weighted by molar-refractivity contribution is 0.0283. The Labute approximate surface area is 221 Å². The number of aromatic nitrogens is 3. The van der Waals surface area contributed by atoms with Crippen LogP contribution >= 0.6 is 11.6 Å². The number of nitriles is 1. The van der Waals surface area contributed by atoms with Crippen LogP contribution in [0.3, 0.4) is 0 Å². The smallest absolute Gasteiger partial charge is 0.138 e. The van der Waals surface area contributed by atoms with E-state index in [9.17, 15) is 5.11 Å². The van der Waals surface area contributed by atoms with Gasteiger partial charge >= 0.3 is 0 Å². The quantitative estimate of drug-likeness (QED) is 0.348. The highest BCUT2D eigenvalue weighted by molar-refractivity contribution is 6.34. The van der Waals surface area contributed by atoms with E-state index in [1.54, 1.807) is 30.8 Å². The number of benzene rings is 1. The van der Waals surface area contributed by atoms with Crippen molar-refractivity contribution in [3.05, 3.63) is 77.2 Å². The summed E-state index contributed by atoms with van der Waals surface area (Å²) in [5.74, 6) is 2.19. The van der Waals surface area contributed by atoms with Gasteiger partial charge in [0.05, 0.1) is 40.2 Å². The molecule has 0 unspecified atom stereocenters. The molecule has 0 radical (unpaired) electrons. The molecule has 8 heteroatoms. The third kappa shape index (κ3) is 5.87. The molecule has 4 heterocycles. The zero-order valence-electron chi connectivity index (χ0n) is 21.1. The number of anilines is 1. The van der Waals surface area contributed by atoms with Crippen LogP contribution in [0.2, 0.25) is 5.02 Å². The number of pyridine rings is 2. The Morgan fingerprint density at radius 1 is 1.14 bits per heavy atom. The third-order valence-corrected chi connectivity index (χ3v) is 7.02. The second-order valence-electron chi connectivity index (χ2n) is 10.3. The highest BCUT2D eigenvalue weighted by atomic mass is 35.5. The average molecular weight is 516 g/mol. The molecule has 4 aromatic rings. The van der Waals surface area contributed by atoms with Gasteiger partial charge in [-0.1, -0.05) is 23.7 Å². The molecular weight excluding hydrogens is 486 g/mol. The van der Waals surface area contributed by atoms with Crippen LogP contribution in [-0.4, -0.2) is 45.0 Å². The van der Waals surface area contributed by atoms with Crippen molar-refractivity contribution in [2.24, 2.45) is 5.92 Å². The number of aliphatic hydroxyl groups is 1. The lowest BCUT2D eigenvalue weighted by Gasteiger charge is -2.33. The fourth-order valence-electron chi connectivity index (χ4n) is 4.77. The van der Waals surface area contributed by atoms with Crippen molar-refractivity contribution < 1.29 is 9.84 Å². The summed E-state index contributed by atoms with van der Waals surface area (Å²) in [4.78, 5) is 7.12. The van der Waals surface area contributed by atoms with Crippen molar-refractivity contribution in [3.63, 3.8) is 0 Å². The molecule has 0 atom stereocenters. The van der Waals surface area contributed by atoms with Crippen molar-refractivity contribution >= 4 is 22.9 Å². The molecule has 0 spiro atoms. The molecule has 3 aromatic heterocycles. The number of hydrogen-bond acceptors (Lipinski definition) is 6. The molecule has 0 bridgehead atoms. The standard InChI is InChI=1S/C29H30ClN5O2/c1-29(2,36)19-37-24-14-25(28-26(30)17-33-35(28)18-24)23-7-8-27(32-16-23)34-11-9-21(10-12-34)13-20-3-5-22(15-31)6-4-20/h3-8,14,16-18,21,36H,9-13,19H2,1-2H3. The van der Waals surface area contributed by atoms with Gasteiger partial charge in [-0.15, -0.1) is 0 Å². The second kappa shape index (κ2) is 10.4. The highest BCUT2D eigenvalue weighted by Gasteiger charge is 2.21. The molecule has 5 rings (SSSR count). The molecule has 1 aromatic carbocycles. The normalized spacial score (nSPS) is 14.6. The largest absolute Gasteiger partial charge is 0.489 e. The Balaban J connectivity index is 1.28. The first kappa shape index (κ1) is 25.1. The molecule has 1 fully saturated rings. The van der Waals surface area contributed by atoms with Crippen molar-refractivity contribution in [2.45, 2.75) is 38.7 Å². The average Bonchev–Trinajstić information content (AvgIpc) is 3.28. The van der Waals surface area contributed by atoms with E-state index in [-0.39, 0.29) is 6.61 Å². The summed E-state index contributed by atoms with van der Waals surface area (Å²) in [6.07, 6.45) is 8.51. The van der Waals surface area contributed by atoms with Gasteiger partial charge in [0, 0.05) is 30.4 Å². The Bertz CT molecular complexity index is 1410. The van der Waals surface area contributed by atoms with Gasteiger partial charge < -0.3 is 14.7 Å². The van der Waals surface area contributed by atoms with E-state index >= 15 is 0 Å². The maximum Gasteiger partial charge on any atom is 0.138 e. The molecule has 0 aliphatic carbocycles. The molecule has 1 aliphatic heterocycles. The summed E-state index contributed by atoms with van der Waals surface area (Å²) in [6, 6.07) is 16.1. The van der Waals surface area contributed by atoms with E-state index in [0.29, 0.717) is 22.3 Å². The Kier molecular flexibility index (Phi) is 7.05. The van der Waals surface area contributed by atoms with Crippen molar-refractivity contribution in [1.82, 2.24) is 14.6 Å². The lowest BCUT2D eigenvalue weighted by atomic mass is 9.90. The number of rotatable bonds is 7. The monoisotopic (exact) mass is 515 g/mol. The van der Waals surface area contributed by atoms with Gasteiger partial charge in [-0.05, 0) is 74.9 Å². The zero-order chi connectivity index (χ0) is 26.0. The van der Waals surface area contributed by atoms with Gasteiger partial charge in [0.2, 0.25) is 0 Å². The number of hydrogen-bond donors (Lipinski definition) is 1. The van der Waals surface area contributed by atoms with Crippen LogP contribution in [0.15, 0.2) is 61.1 Å². The predicted octanol–water partition coefficient (Wildman–Crippen LogP) is 5.53. The summed E-state index contributed by atoms with van der Waals surface area (Å²) >= 11 is 6.46. The molecule has 1 N–H and O–H groups in total. The summed E-state index contributed by atoms with van der Waals surface area (Å²) in [6.45, 7) is 5.50. The second-order valence-corrected chi connectivity index (χ2v) is 10.7. The topological polar surface area (TPSA) is 86.7 Å². The van der Waals surface area contributed by atoms with Crippen LogP contribution in [0.1, 0.15) is 37.8 Å². The molecular formula is C29H30ClN5O2. The number of piperidine rings is 1. The fraction of sp³-hybridized carbons (Fsp3) is 0.345. The minimum absolute atomic E-state index is 0.158. The number of ether oxygens (including phenoxy) is 1. The molecule has 0 saturated carbocycles. The van der Waals surface area contributed by atoms with E-state index in [2.05, 4.69) is 40.3 Å². The minimum Gasteiger partial charge on any atom is -0.489 e. The van der Waals surface area contributed by atoms with E-state index in [1.165, 1.54) is 5.56 Å². The van der Waals surface area contributed by atoms with E-state index in [0.717, 1.165) is 54.8 Å². The van der Waals surface area contributed by atoms with Crippen LogP contribution < -0.4 is 9.64 Å². The summed E-state index contributed by atoms with van der Waals surface area (Å²) in [5, 5.41) is 23.9. The maximum atomic E-state index is 10.1. The Morgan fingerprint density at radius 2 is 1.89 bits per heavy atom. The van der Waals surface area contributed by atoms with Crippen LogP contribution in [0.4, 0.5) is 5.82 Å². The molecule has 190 valence electrons. The van der Waals surface area contributed by atoms with Crippen molar-refractivity contribution in [1.29, 1.82) is 5.26 Å².